The topological polar surface area (TPSA) is 149 Å². The van der Waals surface area contributed by atoms with Gasteiger partial charge >= 0.3 is 19.8 Å². The normalized spacial score (nSPS) is 13.9. The van der Waals surface area contributed by atoms with Crippen LogP contribution in [-0.4, -0.2) is 65.7 Å². The van der Waals surface area contributed by atoms with E-state index in [0.29, 0.717) is 19.3 Å². The Morgan fingerprint density at radius 3 is 1.20 bits per heavy atom. The molecule has 0 bridgehead atoms. The molecule has 0 aromatic heterocycles. The predicted octanol–water partition coefficient (Wildman–Crippen LogP) is 15.5. The fourth-order valence-electron chi connectivity index (χ4n) is 7.60. The van der Waals surface area contributed by atoms with Crippen molar-refractivity contribution in [1.82, 2.24) is 0 Å². The van der Waals surface area contributed by atoms with Crippen molar-refractivity contribution in [3.63, 3.8) is 0 Å². The maximum absolute atomic E-state index is 12.7. The second kappa shape index (κ2) is 50.1. The first kappa shape index (κ1) is 63.2. The van der Waals surface area contributed by atoms with E-state index in [0.717, 1.165) is 38.5 Å². The number of phosphoric ester groups is 1. The van der Waals surface area contributed by atoms with Crippen LogP contribution in [0, 0.1) is 0 Å². The van der Waals surface area contributed by atoms with Crippen molar-refractivity contribution >= 4 is 19.8 Å². The number of ether oxygens (including phenoxy) is 2. The van der Waals surface area contributed by atoms with Crippen molar-refractivity contribution < 1.29 is 47.8 Å². The van der Waals surface area contributed by atoms with Gasteiger partial charge in [-0.2, -0.15) is 0 Å². The third-order valence-electron chi connectivity index (χ3n) is 11.7. The minimum absolute atomic E-state index is 0.126. The van der Waals surface area contributed by atoms with Crippen molar-refractivity contribution in [2.75, 3.05) is 26.4 Å². The van der Waals surface area contributed by atoms with Crippen molar-refractivity contribution in [1.29, 1.82) is 0 Å². The van der Waals surface area contributed by atoms with Crippen molar-refractivity contribution in [2.24, 2.45) is 0 Å². The summed E-state index contributed by atoms with van der Waals surface area (Å²) in [5.41, 5.74) is 0. The summed E-state index contributed by atoms with van der Waals surface area (Å²) in [5, 5.41) is 18.4. The first-order chi connectivity index (χ1) is 31.7. The van der Waals surface area contributed by atoms with Crippen molar-refractivity contribution in [3.05, 3.63) is 36.5 Å². The summed E-state index contributed by atoms with van der Waals surface area (Å²) in [7, 11) is -4.63. The Labute approximate surface area is 399 Å². The highest BCUT2D eigenvalue weighted by molar-refractivity contribution is 7.47. The summed E-state index contributed by atoms with van der Waals surface area (Å²) in [6.45, 7) is 2.38. The van der Waals surface area contributed by atoms with Crippen LogP contribution in [0.3, 0.4) is 0 Å². The zero-order valence-electron chi connectivity index (χ0n) is 42.0. The number of unbranched alkanes of at least 4 members (excludes halogenated alkanes) is 31. The SMILES string of the molecule is CCCCCCCC/C=C/CCCCCCCCCCCC(=O)OC[C@H](COP(=O)(O)OC[C@@H](O)CO)OC(=O)CCC/C=C/CC/C=C/CCCCCCCCCCCCCCCC. The Morgan fingerprint density at radius 1 is 0.446 bits per heavy atom. The highest BCUT2D eigenvalue weighted by atomic mass is 31.2. The zero-order chi connectivity index (χ0) is 47.6. The fourth-order valence-corrected chi connectivity index (χ4v) is 8.39. The van der Waals surface area contributed by atoms with Crippen molar-refractivity contribution in [2.45, 2.75) is 270 Å². The Morgan fingerprint density at radius 2 is 0.785 bits per heavy atom. The molecule has 0 amide bonds. The number of carbonyl (C=O) groups is 2. The van der Waals surface area contributed by atoms with Gasteiger partial charge in [-0.25, -0.2) is 4.57 Å². The third kappa shape index (κ3) is 49.9. The smallest absolute Gasteiger partial charge is 0.462 e. The molecule has 0 heterocycles. The van der Waals surface area contributed by atoms with Crippen molar-refractivity contribution in [3.8, 4) is 0 Å². The standard InChI is InChI=1S/C54H101O10P/c1-3-5-7-9-11-13-15-17-19-21-23-24-25-26-28-30-32-34-36-38-40-42-44-46-54(58)64-52(50-63-65(59,60)62-48-51(56)47-55)49-61-53(57)45-43-41-39-37-35-33-31-29-27-22-20-18-16-14-12-10-8-6-4-2/h18,20,30,32,38,40,51-52,55-56H,3-17,19,21-29,31,33-37,39,41-50H2,1-2H3,(H,59,60)/b20-18+,32-30+,40-38+/t51-,52+/m0/s1. The molecule has 0 aliphatic rings. The molecular weight excluding hydrogens is 840 g/mol. The molecule has 382 valence electrons. The van der Waals surface area contributed by atoms with Crippen LogP contribution in [0.25, 0.3) is 0 Å². The van der Waals surface area contributed by atoms with Gasteiger partial charge in [0.1, 0.15) is 12.7 Å². The minimum Gasteiger partial charge on any atom is -0.462 e. The van der Waals surface area contributed by atoms with Crippen LogP contribution >= 0.6 is 7.82 Å². The van der Waals surface area contributed by atoms with E-state index >= 15 is 0 Å². The number of allylic oxidation sites excluding steroid dienone is 6. The maximum Gasteiger partial charge on any atom is 0.472 e. The van der Waals surface area contributed by atoms with E-state index in [1.54, 1.807) is 0 Å². The predicted molar refractivity (Wildman–Crippen MR) is 270 cm³/mol. The van der Waals surface area contributed by atoms with Gasteiger partial charge in [-0.05, 0) is 70.6 Å². The van der Waals surface area contributed by atoms with E-state index in [4.69, 9.17) is 23.6 Å². The summed E-state index contributed by atoms with van der Waals surface area (Å²) >= 11 is 0. The summed E-state index contributed by atoms with van der Waals surface area (Å²) in [4.78, 5) is 35.2. The number of rotatable bonds is 51. The van der Waals surface area contributed by atoms with Gasteiger partial charge in [-0.15, -0.1) is 0 Å². The second-order valence-electron chi connectivity index (χ2n) is 18.2. The molecule has 0 aromatic carbocycles. The van der Waals surface area contributed by atoms with E-state index in [1.807, 2.05) is 0 Å². The number of carbonyl (C=O) groups excluding carboxylic acids is 2. The van der Waals surface area contributed by atoms with Crippen LogP contribution in [-0.2, 0) is 32.7 Å². The molecule has 3 atom stereocenters. The Balaban J connectivity index is 4.19. The minimum atomic E-state index is -4.63. The Kier molecular flexibility index (Phi) is 48.7. The molecule has 0 spiro atoms. The maximum atomic E-state index is 12.7. The molecule has 0 saturated carbocycles. The van der Waals surface area contributed by atoms with Crippen LogP contribution < -0.4 is 0 Å². The molecule has 0 aliphatic carbocycles. The van der Waals surface area contributed by atoms with E-state index < -0.39 is 51.8 Å². The van der Waals surface area contributed by atoms with E-state index in [1.165, 1.54) is 173 Å². The first-order valence-electron chi connectivity index (χ1n) is 26.9. The lowest BCUT2D eigenvalue weighted by molar-refractivity contribution is -0.161. The van der Waals surface area contributed by atoms with Crippen LogP contribution in [0.4, 0.5) is 0 Å². The fraction of sp³-hybridized carbons (Fsp3) is 0.852. The molecule has 0 fully saturated rings. The molecule has 0 saturated heterocycles. The van der Waals surface area contributed by atoms with E-state index in [9.17, 15) is 24.2 Å². The summed E-state index contributed by atoms with van der Waals surface area (Å²) in [6.07, 6.45) is 55.6. The lowest BCUT2D eigenvalue weighted by Gasteiger charge is -2.20. The molecule has 0 rings (SSSR count). The van der Waals surface area contributed by atoms with Gasteiger partial charge in [0, 0.05) is 12.8 Å². The van der Waals surface area contributed by atoms with Crippen LogP contribution in [0.2, 0.25) is 0 Å². The average molecular weight is 941 g/mol. The van der Waals surface area contributed by atoms with Crippen LogP contribution in [0.5, 0.6) is 0 Å². The largest absolute Gasteiger partial charge is 0.472 e. The van der Waals surface area contributed by atoms with Gasteiger partial charge in [-0.3, -0.25) is 18.6 Å². The van der Waals surface area contributed by atoms with Crippen LogP contribution in [0.1, 0.15) is 258 Å². The molecule has 0 aromatic rings. The number of hydrogen-bond acceptors (Lipinski definition) is 9. The van der Waals surface area contributed by atoms with Gasteiger partial charge in [0.05, 0.1) is 19.8 Å². The molecule has 10 nitrogen and oxygen atoms in total. The van der Waals surface area contributed by atoms with Gasteiger partial charge < -0.3 is 24.6 Å². The quantitative estimate of drug-likeness (QED) is 0.0233. The number of aliphatic hydroxyl groups is 2. The van der Waals surface area contributed by atoms with E-state index in [2.05, 4.69) is 50.3 Å². The Bertz CT molecular complexity index is 1170. The monoisotopic (exact) mass is 941 g/mol. The number of aliphatic hydroxyl groups excluding tert-OH is 2. The lowest BCUT2D eigenvalue weighted by atomic mass is 10.0. The van der Waals surface area contributed by atoms with Crippen LogP contribution in [0.15, 0.2) is 36.5 Å². The van der Waals surface area contributed by atoms with E-state index in [-0.39, 0.29) is 19.4 Å². The molecule has 65 heavy (non-hydrogen) atoms. The summed E-state index contributed by atoms with van der Waals surface area (Å²) in [6, 6.07) is 0. The highest BCUT2D eigenvalue weighted by Crippen LogP contribution is 2.43. The third-order valence-corrected chi connectivity index (χ3v) is 12.7. The zero-order valence-corrected chi connectivity index (χ0v) is 42.9. The molecule has 11 heteroatoms. The number of phosphoric acid groups is 1. The van der Waals surface area contributed by atoms with Gasteiger partial charge in [0.25, 0.3) is 0 Å². The lowest BCUT2D eigenvalue weighted by Crippen LogP contribution is -2.29. The number of hydrogen-bond donors (Lipinski definition) is 3. The first-order valence-corrected chi connectivity index (χ1v) is 28.4. The molecular formula is C54H101O10P. The second-order valence-corrected chi connectivity index (χ2v) is 19.7. The summed E-state index contributed by atoms with van der Waals surface area (Å²) in [5.74, 6) is -0.967. The molecule has 0 aliphatic heterocycles. The number of esters is 2. The molecule has 0 radical (unpaired) electrons. The average Bonchev–Trinajstić information content (AvgIpc) is 3.30. The molecule has 3 N–H and O–H groups in total. The summed E-state index contributed by atoms with van der Waals surface area (Å²) < 4.78 is 32.9. The van der Waals surface area contributed by atoms with Gasteiger partial charge in [-0.1, -0.05) is 211 Å². The Hall–Kier alpha value is -1.81. The highest BCUT2D eigenvalue weighted by Gasteiger charge is 2.27. The molecule has 1 unspecified atom stereocenters. The van der Waals surface area contributed by atoms with Gasteiger partial charge in [0.15, 0.2) is 6.10 Å². The van der Waals surface area contributed by atoms with Gasteiger partial charge in [0.2, 0.25) is 0 Å².